The number of hydrogen-bond acceptors (Lipinski definition) is 2. The van der Waals surface area contributed by atoms with E-state index in [4.69, 9.17) is 17.3 Å². The molecule has 1 atom stereocenters. The molecule has 0 spiro atoms. The minimum absolute atomic E-state index is 0.0588. The molecule has 2 nitrogen and oxygen atoms in total. The molecule has 0 aliphatic carbocycles. The predicted octanol–water partition coefficient (Wildman–Crippen LogP) is 3.60. The highest BCUT2D eigenvalue weighted by Gasteiger charge is 2.26. The van der Waals surface area contributed by atoms with Gasteiger partial charge in [-0.2, -0.15) is 0 Å². The van der Waals surface area contributed by atoms with Crippen molar-refractivity contribution in [3.63, 3.8) is 0 Å². The molecule has 2 rings (SSSR count). The quantitative estimate of drug-likeness (QED) is 0.915. The van der Waals surface area contributed by atoms with Crippen LogP contribution in [0.15, 0.2) is 18.2 Å². The van der Waals surface area contributed by atoms with Crippen LogP contribution in [0.2, 0.25) is 5.02 Å². The molecule has 0 amide bonds. The fourth-order valence-electron chi connectivity index (χ4n) is 2.92. The Hall–Kier alpha value is -0.640. The molecule has 0 saturated carbocycles. The molecule has 19 heavy (non-hydrogen) atoms. The maximum Gasteiger partial charge on any atom is 0.128 e. The third-order valence-electron chi connectivity index (χ3n) is 4.21. The summed E-state index contributed by atoms with van der Waals surface area (Å²) < 4.78 is 14.0. The summed E-state index contributed by atoms with van der Waals surface area (Å²) in [5, 5.41) is 0.568. The van der Waals surface area contributed by atoms with Crippen molar-refractivity contribution in [3.8, 4) is 0 Å². The molecule has 4 heteroatoms. The number of hydrogen-bond donors (Lipinski definition) is 1. The molecule has 1 aromatic carbocycles. The third kappa shape index (κ3) is 3.47. The Labute approximate surface area is 119 Å². The Balaban J connectivity index is 2.14. The molecule has 1 aromatic rings. The Morgan fingerprint density at radius 2 is 2.11 bits per heavy atom. The van der Waals surface area contributed by atoms with E-state index < -0.39 is 0 Å². The second-order valence-corrected chi connectivity index (χ2v) is 5.74. The maximum atomic E-state index is 14.0. The summed E-state index contributed by atoms with van der Waals surface area (Å²) in [7, 11) is 0. The van der Waals surface area contributed by atoms with Gasteiger partial charge >= 0.3 is 0 Å². The first-order valence-corrected chi connectivity index (χ1v) is 7.42. The summed E-state index contributed by atoms with van der Waals surface area (Å²) in [6, 6.07) is 4.66. The molecule has 0 radical (unpaired) electrons. The number of nitrogens with two attached hydrogens (primary N) is 1. The lowest BCUT2D eigenvalue weighted by atomic mass is 9.92. The monoisotopic (exact) mass is 284 g/mol. The second kappa shape index (κ2) is 6.69. The van der Waals surface area contributed by atoms with E-state index in [0.717, 1.165) is 19.0 Å². The lowest BCUT2D eigenvalue weighted by Crippen LogP contribution is -2.40. The number of rotatable bonds is 4. The minimum Gasteiger partial charge on any atom is -0.329 e. The minimum atomic E-state index is -0.211. The zero-order valence-corrected chi connectivity index (χ0v) is 12.2. The Bertz CT molecular complexity index is 417. The van der Waals surface area contributed by atoms with E-state index >= 15 is 0 Å². The van der Waals surface area contributed by atoms with Crippen LogP contribution in [0.25, 0.3) is 0 Å². The summed E-state index contributed by atoms with van der Waals surface area (Å²) in [5.74, 6) is 0.594. The van der Waals surface area contributed by atoms with Gasteiger partial charge in [0.2, 0.25) is 0 Å². The number of piperidine rings is 1. The Morgan fingerprint density at radius 3 is 2.68 bits per heavy atom. The number of benzene rings is 1. The first-order valence-electron chi connectivity index (χ1n) is 7.04. The molecular weight excluding hydrogens is 263 g/mol. The van der Waals surface area contributed by atoms with Crippen molar-refractivity contribution >= 4 is 11.6 Å². The van der Waals surface area contributed by atoms with Crippen LogP contribution in [0.1, 0.15) is 37.8 Å². The topological polar surface area (TPSA) is 29.3 Å². The summed E-state index contributed by atoms with van der Waals surface area (Å²) >= 11 is 5.98. The van der Waals surface area contributed by atoms with E-state index in [9.17, 15) is 4.39 Å². The summed E-state index contributed by atoms with van der Waals surface area (Å²) in [6.07, 6.45) is 3.58. The van der Waals surface area contributed by atoms with Gasteiger partial charge in [-0.15, -0.1) is 0 Å². The largest absolute Gasteiger partial charge is 0.329 e. The third-order valence-corrected chi connectivity index (χ3v) is 4.44. The van der Waals surface area contributed by atoms with Gasteiger partial charge in [0.05, 0.1) is 0 Å². The van der Waals surface area contributed by atoms with E-state index in [1.165, 1.54) is 25.3 Å². The lowest BCUT2D eigenvalue weighted by molar-refractivity contribution is 0.132. The second-order valence-electron chi connectivity index (χ2n) is 5.30. The molecule has 1 fully saturated rings. The predicted molar refractivity (Wildman–Crippen MR) is 77.8 cm³/mol. The van der Waals surface area contributed by atoms with E-state index in [1.54, 1.807) is 12.1 Å². The molecule has 2 N–H and O–H groups in total. The average Bonchev–Trinajstić information content (AvgIpc) is 2.44. The lowest BCUT2D eigenvalue weighted by Gasteiger charge is -2.37. The van der Waals surface area contributed by atoms with Crippen LogP contribution in [0.4, 0.5) is 4.39 Å². The van der Waals surface area contributed by atoms with Crippen molar-refractivity contribution in [2.45, 2.75) is 32.2 Å². The van der Waals surface area contributed by atoms with Crippen LogP contribution in [-0.2, 0) is 0 Å². The average molecular weight is 285 g/mol. The van der Waals surface area contributed by atoms with Gasteiger partial charge in [0.25, 0.3) is 0 Å². The van der Waals surface area contributed by atoms with Gasteiger partial charge in [0.1, 0.15) is 5.82 Å². The van der Waals surface area contributed by atoms with E-state index in [1.807, 2.05) is 0 Å². The Kier molecular flexibility index (Phi) is 5.20. The molecule has 1 aliphatic heterocycles. The zero-order valence-electron chi connectivity index (χ0n) is 11.4. The highest BCUT2D eigenvalue weighted by molar-refractivity contribution is 6.30. The van der Waals surface area contributed by atoms with Gasteiger partial charge < -0.3 is 5.73 Å². The van der Waals surface area contributed by atoms with Crippen LogP contribution in [0, 0.1) is 11.7 Å². The molecular formula is C15H22ClFN2. The van der Waals surface area contributed by atoms with Crippen molar-refractivity contribution in [2.24, 2.45) is 11.7 Å². The Morgan fingerprint density at radius 1 is 1.42 bits per heavy atom. The maximum absolute atomic E-state index is 14.0. The summed E-state index contributed by atoms with van der Waals surface area (Å²) in [6.45, 7) is 4.64. The van der Waals surface area contributed by atoms with Gasteiger partial charge in [-0.1, -0.05) is 24.9 Å². The van der Waals surface area contributed by atoms with Crippen molar-refractivity contribution in [3.05, 3.63) is 34.6 Å². The summed E-state index contributed by atoms with van der Waals surface area (Å²) in [5.41, 5.74) is 6.50. The molecule has 106 valence electrons. The number of likely N-dealkylation sites (tertiary alicyclic amines) is 1. The van der Waals surface area contributed by atoms with Crippen LogP contribution < -0.4 is 5.73 Å². The van der Waals surface area contributed by atoms with Crippen LogP contribution in [0.3, 0.4) is 0 Å². The van der Waals surface area contributed by atoms with Gasteiger partial charge in [-0.3, -0.25) is 4.90 Å². The van der Waals surface area contributed by atoms with E-state index in [-0.39, 0.29) is 11.9 Å². The van der Waals surface area contributed by atoms with Crippen molar-refractivity contribution in [1.82, 2.24) is 4.90 Å². The standard InChI is InChI=1S/C15H22ClFN2/c1-2-11-5-7-19(8-6-11)15(10-18)13-9-12(16)3-4-14(13)17/h3-4,9,11,15H,2,5-8,10,18H2,1H3. The fraction of sp³-hybridized carbons (Fsp3) is 0.600. The van der Waals surface area contributed by atoms with Crippen LogP contribution >= 0.6 is 11.6 Å². The fourth-order valence-corrected chi connectivity index (χ4v) is 3.10. The SMILES string of the molecule is CCC1CCN(C(CN)c2cc(Cl)ccc2F)CC1. The van der Waals surface area contributed by atoms with Crippen molar-refractivity contribution < 1.29 is 4.39 Å². The van der Waals surface area contributed by atoms with Gasteiger partial charge in [-0.25, -0.2) is 4.39 Å². The number of halogens is 2. The number of nitrogens with zero attached hydrogens (tertiary/aromatic N) is 1. The highest BCUT2D eigenvalue weighted by atomic mass is 35.5. The molecule has 1 heterocycles. The van der Waals surface area contributed by atoms with Crippen molar-refractivity contribution in [1.29, 1.82) is 0 Å². The van der Waals surface area contributed by atoms with Crippen LogP contribution in [-0.4, -0.2) is 24.5 Å². The van der Waals surface area contributed by atoms with Crippen molar-refractivity contribution in [2.75, 3.05) is 19.6 Å². The highest BCUT2D eigenvalue weighted by Crippen LogP contribution is 2.30. The first-order chi connectivity index (χ1) is 9.15. The van der Waals surface area contributed by atoms with Gasteiger partial charge in [0, 0.05) is 23.2 Å². The summed E-state index contributed by atoms with van der Waals surface area (Å²) in [4.78, 5) is 2.29. The van der Waals surface area contributed by atoms with Gasteiger partial charge in [0.15, 0.2) is 0 Å². The molecule has 0 aromatic heterocycles. The van der Waals surface area contributed by atoms with E-state index in [0.29, 0.717) is 17.1 Å². The molecule has 1 aliphatic rings. The van der Waals surface area contributed by atoms with Gasteiger partial charge in [-0.05, 0) is 50.0 Å². The van der Waals surface area contributed by atoms with E-state index in [2.05, 4.69) is 11.8 Å². The normalized spacial score (nSPS) is 19.6. The molecule has 0 bridgehead atoms. The zero-order chi connectivity index (χ0) is 13.8. The molecule has 1 saturated heterocycles. The smallest absolute Gasteiger partial charge is 0.128 e. The first kappa shape index (κ1) is 14.8. The van der Waals surface area contributed by atoms with Crippen LogP contribution in [0.5, 0.6) is 0 Å². The molecule has 1 unspecified atom stereocenters.